The van der Waals surface area contributed by atoms with Gasteiger partial charge in [0.15, 0.2) is 5.82 Å². The highest BCUT2D eigenvalue weighted by molar-refractivity contribution is 9.10. The quantitative estimate of drug-likeness (QED) is 0.859. The Labute approximate surface area is 128 Å². The summed E-state index contributed by atoms with van der Waals surface area (Å²) in [5.41, 5.74) is 0.518. The third kappa shape index (κ3) is 2.97. The van der Waals surface area contributed by atoms with Crippen LogP contribution in [0.4, 0.5) is 5.82 Å². The molecule has 0 bridgehead atoms. The second-order valence-corrected chi connectivity index (χ2v) is 5.82. The summed E-state index contributed by atoms with van der Waals surface area (Å²) < 4.78 is 11.9. The fraction of sp³-hybridized carbons (Fsp3) is 0.714. The lowest BCUT2D eigenvalue weighted by Gasteiger charge is -2.27. The van der Waals surface area contributed by atoms with Gasteiger partial charge in [-0.15, -0.1) is 0 Å². The summed E-state index contributed by atoms with van der Waals surface area (Å²) in [5.74, 6) is 1.58. The molecule has 1 aromatic heterocycles. The van der Waals surface area contributed by atoms with Crippen LogP contribution in [-0.2, 0) is 21.7 Å². The largest absolute Gasteiger partial charge is 0.378 e. The molecule has 0 saturated heterocycles. The van der Waals surface area contributed by atoms with Crippen molar-refractivity contribution in [2.24, 2.45) is 0 Å². The van der Waals surface area contributed by atoms with Crippen molar-refractivity contribution in [3.63, 3.8) is 0 Å². The minimum Gasteiger partial charge on any atom is -0.378 e. The van der Waals surface area contributed by atoms with Crippen molar-refractivity contribution >= 4 is 21.7 Å². The Morgan fingerprint density at radius 3 is 2.50 bits per heavy atom. The molecule has 0 atom stereocenters. The number of ether oxygens (including phenoxy) is 2. The normalized spacial score (nSPS) is 17.4. The van der Waals surface area contributed by atoms with Gasteiger partial charge >= 0.3 is 0 Å². The molecule has 1 heterocycles. The van der Waals surface area contributed by atoms with Gasteiger partial charge in [-0.05, 0) is 48.5 Å². The minimum atomic E-state index is -0.340. The van der Waals surface area contributed by atoms with Crippen molar-refractivity contribution in [2.45, 2.75) is 44.8 Å². The molecule has 0 radical (unpaired) electrons. The Morgan fingerprint density at radius 2 is 1.95 bits per heavy atom. The Morgan fingerprint density at radius 1 is 1.25 bits per heavy atom. The molecule has 2 rings (SSSR count). The molecule has 1 saturated carbocycles. The first-order valence-electron chi connectivity index (χ1n) is 7.01. The van der Waals surface area contributed by atoms with Crippen LogP contribution in [0.2, 0.25) is 0 Å². The molecule has 0 aromatic carbocycles. The van der Waals surface area contributed by atoms with Crippen LogP contribution in [0.3, 0.4) is 0 Å². The lowest BCUT2D eigenvalue weighted by atomic mass is 10.0. The van der Waals surface area contributed by atoms with Crippen LogP contribution in [0.1, 0.15) is 44.1 Å². The van der Waals surface area contributed by atoms with Gasteiger partial charge in [0, 0.05) is 20.8 Å². The zero-order valence-electron chi connectivity index (χ0n) is 12.3. The average molecular weight is 344 g/mol. The Bertz CT molecular complexity index is 435. The first kappa shape index (κ1) is 15.7. The van der Waals surface area contributed by atoms with Gasteiger partial charge in [-0.3, -0.25) is 0 Å². The van der Waals surface area contributed by atoms with Crippen molar-refractivity contribution in [1.82, 2.24) is 9.97 Å². The van der Waals surface area contributed by atoms with E-state index < -0.39 is 0 Å². The van der Waals surface area contributed by atoms with Crippen molar-refractivity contribution in [3.05, 3.63) is 16.0 Å². The molecular formula is C14H22BrN3O2. The molecule has 0 spiro atoms. The third-order valence-corrected chi connectivity index (χ3v) is 4.59. The Kier molecular flexibility index (Phi) is 5.35. The number of halogens is 1. The predicted molar refractivity (Wildman–Crippen MR) is 81.8 cm³/mol. The van der Waals surface area contributed by atoms with E-state index in [1.165, 1.54) is 0 Å². The van der Waals surface area contributed by atoms with Gasteiger partial charge in [-0.25, -0.2) is 9.97 Å². The first-order valence-corrected chi connectivity index (χ1v) is 7.81. The number of hydrogen-bond donors (Lipinski definition) is 1. The molecule has 1 fully saturated rings. The van der Waals surface area contributed by atoms with E-state index in [2.05, 4.69) is 31.2 Å². The molecule has 1 aliphatic carbocycles. The summed E-state index contributed by atoms with van der Waals surface area (Å²) in [6.07, 6.45) is 4.26. The molecule has 0 aliphatic heterocycles. The average Bonchev–Trinajstić information content (AvgIpc) is 2.93. The second-order valence-electron chi connectivity index (χ2n) is 5.03. The molecule has 112 valence electrons. The number of nitrogens with one attached hydrogen (secondary N) is 1. The number of methoxy groups -OCH3 is 2. The highest BCUT2D eigenvalue weighted by atomic mass is 79.9. The lowest BCUT2D eigenvalue weighted by Crippen LogP contribution is -2.28. The zero-order valence-corrected chi connectivity index (χ0v) is 13.9. The van der Waals surface area contributed by atoms with E-state index in [-0.39, 0.29) is 5.60 Å². The van der Waals surface area contributed by atoms with E-state index in [4.69, 9.17) is 9.47 Å². The van der Waals surface area contributed by atoms with Crippen molar-refractivity contribution in [1.29, 1.82) is 0 Å². The van der Waals surface area contributed by atoms with Crippen LogP contribution in [0.15, 0.2) is 4.47 Å². The topological polar surface area (TPSA) is 56.3 Å². The van der Waals surface area contributed by atoms with E-state index in [0.717, 1.165) is 54.0 Å². The molecule has 1 N–H and O–H groups in total. The van der Waals surface area contributed by atoms with Crippen molar-refractivity contribution < 1.29 is 9.47 Å². The van der Waals surface area contributed by atoms with Gasteiger partial charge in [-0.1, -0.05) is 0 Å². The highest BCUT2D eigenvalue weighted by Crippen LogP contribution is 2.41. The second kappa shape index (κ2) is 6.83. The standard InChI is InChI=1S/C14H22BrN3O2/c1-4-16-12-11(15)10(9-19-2)17-13(18-12)14(20-3)7-5-6-8-14/h4-9H2,1-3H3,(H,16,17,18). The fourth-order valence-electron chi connectivity index (χ4n) is 2.68. The van der Waals surface area contributed by atoms with Gasteiger partial charge in [0.25, 0.3) is 0 Å². The van der Waals surface area contributed by atoms with Gasteiger partial charge in [0.1, 0.15) is 11.4 Å². The monoisotopic (exact) mass is 343 g/mol. The number of nitrogens with zero attached hydrogens (tertiary/aromatic N) is 2. The summed E-state index contributed by atoms with van der Waals surface area (Å²) in [7, 11) is 3.42. The smallest absolute Gasteiger partial charge is 0.163 e. The first-order chi connectivity index (χ1) is 9.66. The van der Waals surface area contributed by atoms with E-state index in [1.54, 1.807) is 14.2 Å². The van der Waals surface area contributed by atoms with Crippen LogP contribution in [0.5, 0.6) is 0 Å². The van der Waals surface area contributed by atoms with E-state index in [9.17, 15) is 0 Å². The van der Waals surface area contributed by atoms with Gasteiger partial charge < -0.3 is 14.8 Å². The molecular weight excluding hydrogens is 322 g/mol. The number of anilines is 1. The van der Waals surface area contributed by atoms with Crippen LogP contribution in [0.25, 0.3) is 0 Å². The minimum absolute atomic E-state index is 0.340. The van der Waals surface area contributed by atoms with Gasteiger partial charge in [-0.2, -0.15) is 0 Å². The molecule has 0 amide bonds. The molecule has 5 nitrogen and oxygen atoms in total. The predicted octanol–water partition coefficient (Wildman–Crippen LogP) is 3.23. The number of hydrogen-bond acceptors (Lipinski definition) is 5. The van der Waals surface area contributed by atoms with Crippen LogP contribution < -0.4 is 5.32 Å². The number of rotatable bonds is 6. The maximum Gasteiger partial charge on any atom is 0.163 e. The Hall–Kier alpha value is -0.720. The SMILES string of the molecule is CCNc1nc(C2(OC)CCCC2)nc(COC)c1Br. The summed E-state index contributed by atoms with van der Waals surface area (Å²) >= 11 is 3.56. The lowest BCUT2D eigenvalue weighted by molar-refractivity contribution is -0.0166. The fourth-order valence-corrected chi connectivity index (χ4v) is 3.11. The molecule has 1 aliphatic rings. The molecule has 6 heteroatoms. The van der Waals surface area contributed by atoms with Crippen LogP contribution in [0, 0.1) is 0 Å². The molecule has 20 heavy (non-hydrogen) atoms. The van der Waals surface area contributed by atoms with Crippen LogP contribution in [-0.4, -0.2) is 30.7 Å². The van der Waals surface area contributed by atoms with E-state index in [0.29, 0.717) is 6.61 Å². The summed E-state index contributed by atoms with van der Waals surface area (Å²) in [6.45, 7) is 3.31. The number of aromatic nitrogens is 2. The highest BCUT2D eigenvalue weighted by Gasteiger charge is 2.39. The molecule has 0 unspecified atom stereocenters. The summed E-state index contributed by atoms with van der Waals surface area (Å²) in [5, 5.41) is 3.27. The van der Waals surface area contributed by atoms with Gasteiger partial charge in [0.05, 0.1) is 16.8 Å². The van der Waals surface area contributed by atoms with Crippen molar-refractivity contribution in [2.75, 3.05) is 26.1 Å². The summed E-state index contributed by atoms with van der Waals surface area (Å²) in [4.78, 5) is 9.36. The van der Waals surface area contributed by atoms with E-state index in [1.807, 2.05) is 6.92 Å². The summed E-state index contributed by atoms with van der Waals surface area (Å²) in [6, 6.07) is 0. The van der Waals surface area contributed by atoms with Crippen LogP contribution >= 0.6 is 15.9 Å². The third-order valence-electron chi connectivity index (χ3n) is 3.75. The molecule has 1 aromatic rings. The maximum absolute atomic E-state index is 5.78. The van der Waals surface area contributed by atoms with Gasteiger partial charge in [0.2, 0.25) is 0 Å². The van der Waals surface area contributed by atoms with Crippen molar-refractivity contribution in [3.8, 4) is 0 Å². The zero-order chi connectivity index (χ0) is 14.6. The van der Waals surface area contributed by atoms with E-state index >= 15 is 0 Å². The maximum atomic E-state index is 5.78. The Balaban J connectivity index is 2.46.